The minimum atomic E-state index is -3.66. The minimum Gasteiger partial charge on any atom is -0.384 e. The first-order valence-corrected chi connectivity index (χ1v) is 10.3. The van der Waals surface area contributed by atoms with Crippen LogP contribution in [0.4, 0.5) is 0 Å². The highest BCUT2D eigenvalue weighted by Crippen LogP contribution is 2.28. The van der Waals surface area contributed by atoms with Crippen molar-refractivity contribution in [2.24, 2.45) is 5.41 Å². The van der Waals surface area contributed by atoms with E-state index in [9.17, 15) is 13.2 Å². The van der Waals surface area contributed by atoms with Gasteiger partial charge >= 0.3 is 0 Å². The average molecular weight is 412 g/mol. The van der Waals surface area contributed by atoms with E-state index < -0.39 is 16.1 Å². The fourth-order valence-corrected chi connectivity index (χ4v) is 5.04. The molecule has 1 fully saturated rings. The van der Waals surface area contributed by atoms with E-state index in [-0.39, 0.29) is 27.9 Å². The molecule has 1 unspecified atom stereocenters. The summed E-state index contributed by atoms with van der Waals surface area (Å²) in [7, 11) is -2.00. The summed E-state index contributed by atoms with van der Waals surface area (Å²) >= 11 is 1.12. The Morgan fingerprint density at radius 1 is 1.44 bits per heavy atom. The Kier molecular flexibility index (Phi) is 8.79. The zero-order valence-electron chi connectivity index (χ0n) is 14.4. The Labute approximate surface area is 159 Å². The van der Waals surface area contributed by atoms with Crippen LogP contribution in [-0.4, -0.2) is 53.7 Å². The molecule has 1 aromatic heterocycles. The summed E-state index contributed by atoms with van der Waals surface area (Å²) in [5, 5.41) is 7.86. The van der Waals surface area contributed by atoms with Crippen LogP contribution in [0.2, 0.25) is 0 Å². The van der Waals surface area contributed by atoms with Crippen LogP contribution >= 0.6 is 23.7 Å². The Hall–Kier alpha value is -0.710. The molecule has 2 rings (SSSR count). The summed E-state index contributed by atoms with van der Waals surface area (Å²) < 4.78 is 32.3. The third-order valence-corrected chi connectivity index (χ3v) is 7.18. The Balaban J connectivity index is 0.00000312. The second kappa shape index (κ2) is 9.84. The van der Waals surface area contributed by atoms with E-state index in [0.717, 1.165) is 37.3 Å². The second-order valence-electron chi connectivity index (χ2n) is 6.18. The fraction of sp³-hybridized carbons (Fsp3) is 0.667. The molecule has 1 atom stereocenters. The molecule has 1 aliphatic rings. The van der Waals surface area contributed by atoms with Gasteiger partial charge in [0.15, 0.2) is 0 Å². The fourth-order valence-electron chi connectivity index (χ4n) is 2.82. The summed E-state index contributed by atoms with van der Waals surface area (Å²) in [6.07, 6.45) is 1.83. The summed E-state index contributed by atoms with van der Waals surface area (Å²) in [6, 6.07) is 2.34. The van der Waals surface area contributed by atoms with Gasteiger partial charge in [-0.15, -0.1) is 23.7 Å². The topological polar surface area (TPSA) is 96.5 Å². The minimum absolute atomic E-state index is 0. The van der Waals surface area contributed by atoms with Crippen molar-refractivity contribution in [1.29, 1.82) is 0 Å². The molecular weight excluding hydrogens is 386 g/mol. The molecule has 3 N–H and O–H groups in total. The van der Waals surface area contributed by atoms with Gasteiger partial charge in [-0.3, -0.25) is 4.79 Å². The van der Waals surface area contributed by atoms with Gasteiger partial charge in [0, 0.05) is 19.1 Å². The average Bonchev–Trinajstić information content (AvgIpc) is 3.09. The molecule has 1 amide bonds. The van der Waals surface area contributed by atoms with Crippen molar-refractivity contribution < 1.29 is 17.9 Å². The lowest BCUT2D eigenvalue weighted by molar-refractivity contribution is -0.123. The molecule has 0 spiro atoms. The maximum atomic E-state index is 12.3. The number of halogens is 1. The smallest absolute Gasteiger partial charge is 0.250 e. The number of rotatable bonds is 8. The van der Waals surface area contributed by atoms with E-state index >= 15 is 0 Å². The monoisotopic (exact) mass is 411 g/mol. The van der Waals surface area contributed by atoms with Gasteiger partial charge in [0.05, 0.1) is 12.6 Å². The zero-order valence-corrected chi connectivity index (χ0v) is 16.9. The molecule has 7 nitrogen and oxygen atoms in total. The molecule has 1 saturated heterocycles. The lowest BCUT2D eigenvalue weighted by Gasteiger charge is -2.37. The SMILES string of the molecule is COCC1(CNC(=O)C(C)NS(=O)(=O)c2cccs2)CCNCC1.Cl. The van der Waals surface area contributed by atoms with Gasteiger partial charge in [-0.05, 0) is 44.3 Å². The number of ether oxygens (including phenoxy) is 1. The molecule has 0 radical (unpaired) electrons. The van der Waals surface area contributed by atoms with Crippen LogP contribution in [0.3, 0.4) is 0 Å². The van der Waals surface area contributed by atoms with E-state index in [2.05, 4.69) is 15.4 Å². The zero-order chi connectivity index (χ0) is 17.6. The van der Waals surface area contributed by atoms with Gasteiger partial charge in [-0.2, -0.15) is 4.72 Å². The van der Waals surface area contributed by atoms with Crippen molar-refractivity contribution in [2.75, 3.05) is 33.4 Å². The summed E-state index contributed by atoms with van der Waals surface area (Å²) in [6.45, 7) is 4.38. The van der Waals surface area contributed by atoms with E-state index in [4.69, 9.17) is 4.74 Å². The first-order valence-electron chi connectivity index (χ1n) is 7.92. The molecule has 0 aliphatic carbocycles. The van der Waals surface area contributed by atoms with Crippen LogP contribution in [0.15, 0.2) is 21.7 Å². The van der Waals surface area contributed by atoms with Crippen LogP contribution in [0.25, 0.3) is 0 Å². The van der Waals surface area contributed by atoms with Gasteiger partial charge in [-0.25, -0.2) is 8.42 Å². The van der Waals surface area contributed by atoms with Gasteiger partial charge in [0.25, 0.3) is 10.0 Å². The molecule has 25 heavy (non-hydrogen) atoms. The van der Waals surface area contributed by atoms with E-state index in [1.165, 1.54) is 6.07 Å². The van der Waals surface area contributed by atoms with Crippen molar-refractivity contribution in [3.8, 4) is 0 Å². The standard InChI is InChI=1S/C15H25N3O4S2.ClH/c1-12(18-24(20,21)13-4-3-9-23-13)14(19)17-10-15(11-22-2)5-7-16-8-6-15;/h3-4,9,12,16,18H,5-8,10-11H2,1-2H3,(H,17,19);1H. The van der Waals surface area contributed by atoms with E-state index in [1.807, 2.05) is 0 Å². The normalized spacial score (nSPS) is 18.2. The third-order valence-electron chi connectivity index (χ3n) is 4.24. The van der Waals surface area contributed by atoms with Crippen LogP contribution < -0.4 is 15.4 Å². The summed E-state index contributed by atoms with van der Waals surface area (Å²) in [5.74, 6) is -0.329. The first-order chi connectivity index (χ1) is 11.4. The maximum Gasteiger partial charge on any atom is 0.250 e. The Morgan fingerprint density at radius 2 is 2.12 bits per heavy atom. The van der Waals surface area contributed by atoms with Crippen LogP contribution in [0, 0.1) is 5.41 Å². The molecule has 1 aromatic rings. The van der Waals surface area contributed by atoms with Crippen molar-refractivity contribution in [3.05, 3.63) is 17.5 Å². The number of nitrogens with one attached hydrogen (secondary N) is 3. The number of piperidine rings is 1. The van der Waals surface area contributed by atoms with Gasteiger partial charge in [0.2, 0.25) is 5.91 Å². The maximum absolute atomic E-state index is 12.3. The number of sulfonamides is 1. The molecule has 2 heterocycles. The highest BCUT2D eigenvalue weighted by atomic mass is 35.5. The number of carbonyl (C=O) groups excluding carboxylic acids is 1. The summed E-state index contributed by atoms with van der Waals surface area (Å²) in [4.78, 5) is 12.3. The molecule has 0 saturated carbocycles. The quantitative estimate of drug-likeness (QED) is 0.592. The van der Waals surface area contributed by atoms with Crippen molar-refractivity contribution >= 4 is 39.7 Å². The lowest BCUT2D eigenvalue weighted by atomic mass is 9.79. The molecule has 1 aliphatic heterocycles. The van der Waals surface area contributed by atoms with Gasteiger partial charge < -0.3 is 15.4 Å². The number of hydrogen-bond donors (Lipinski definition) is 3. The predicted molar refractivity (Wildman–Crippen MR) is 101 cm³/mol. The van der Waals surface area contributed by atoms with Crippen molar-refractivity contribution in [2.45, 2.75) is 30.0 Å². The lowest BCUT2D eigenvalue weighted by Crippen LogP contribution is -2.51. The van der Waals surface area contributed by atoms with E-state index in [1.54, 1.807) is 25.5 Å². The van der Waals surface area contributed by atoms with Gasteiger partial charge in [0.1, 0.15) is 4.21 Å². The number of hydrogen-bond acceptors (Lipinski definition) is 6. The highest BCUT2D eigenvalue weighted by molar-refractivity contribution is 7.91. The van der Waals surface area contributed by atoms with Crippen LogP contribution in [0.5, 0.6) is 0 Å². The summed E-state index contributed by atoms with van der Waals surface area (Å²) in [5.41, 5.74) is -0.0952. The number of thiophene rings is 1. The van der Waals surface area contributed by atoms with E-state index in [0.29, 0.717) is 13.2 Å². The second-order valence-corrected chi connectivity index (χ2v) is 9.06. The first kappa shape index (κ1) is 22.3. The predicted octanol–water partition coefficient (Wildman–Crippen LogP) is 0.969. The van der Waals surface area contributed by atoms with Gasteiger partial charge in [-0.1, -0.05) is 6.07 Å². The Morgan fingerprint density at radius 3 is 2.68 bits per heavy atom. The molecular formula is C15H26ClN3O4S2. The Bertz CT molecular complexity index is 626. The molecule has 10 heteroatoms. The highest BCUT2D eigenvalue weighted by Gasteiger charge is 2.33. The molecule has 144 valence electrons. The third kappa shape index (κ3) is 6.19. The number of amides is 1. The molecule has 0 bridgehead atoms. The number of carbonyl (C=O) groups is 1. The molecule has 0 aromatic carbocycles. The van der Waals surface area contributed by atoms with Crippen LogP contribution in [-0.2, 0) is 19.6 Å². The number of methoxy groups -OCH3 is 1. The van der Waals surface area contributed by atoms with Crippen molar-refractivity contribution in [3.63, 3.8) is 0 Å². The van der Waals surface area contributed by atoms with Crippen molar-refractivity contribution in [1.82, 2.24) is 15.4 Å². The largest absolute Gasteiger partial charge is 0.384 e. The van der Waals surface area contributed by atoms with Crippen LogP contribution in [0.1, 0.15) is 19.8 Å².